The minimum absolute atomic E-state index is 0.0316. The summed E-state index contributed by atoms with van der Waals surface area (Å²) in [5, 5.41) is 2.74. The van der Waals surface area contributed by atoms with Crippen LogP contribution in [0.1, 0.15) is 32.6 Å². The SMILES string of the molecule is CC(NC1(C(F)(F)F)CC1)C1CC1. The average molecular weight is 193 g/mol. The predicted molar refractivity (Wildman–Crippen MR) is 43.3 cm³/mol. The summed E-state index contributed by atoms with van der Waals surface area (Å²) >= 11 is 0. The first kappa shape index (κ1) is 9.31. The highest BCUT2D eigenvalue weighted by molar-refractivity contribution is 5.09. The molecule has 13 heavy (non-hydrogen) atoms. The first-order chi connectivity index (χ1) is 5.95. The fraction of sp³-hybridized carbons (Fsp3) is 1.00. The summed E-state index contributed by atoms with van der Waals surface area (Å²) < 4.78 is 37.4. The van der Waals surface area contributed by atoms with Crippen molar-refractivity contribution in [3.05, 3.63) is 0 Å². The van der Waals surface area contributed by atoms with Crippen molar-refractivity contribution in [2.24, 2.45) is 5.92 Å². The lowest BCUT2D eigenvalue weighted by Gasteiger charge is -2.25. The lowest BCUT2D eigenvalue weighted by Crippen LogP contribution is -2.49. The number of alkyl halides is 3. The van der Waals surface area contributed by atoms with E-state index in [-0.39, 0.29) is 18.9 Å². The van der Waals surface area contributed by atoms with Gasteiger partial charge in [-0.3, -0.25) is 0 Å². The Morgan fingerprint density at radius 1 is 1.31 bits per heavy atom. The molecule has 2 saturated carbocycles. The lowest BCUT2D eigenvalue weighted by atomic mass is 10.1. The number of nitrogens with one attached hydrogen (secondary N) is 1. The molecule has 0 amide bonds. The maximum atomic E-state index is 12.5. The Balaban J connectivity index is 1.92. The quantitative estimate of drug-likeness (QED) is 0.726. The molecule has 0 aromatic carbocycles. The van der Waals surface area contributed by atoms with Crippen LogP contribution in [0, 0.1) is 5.92 Å². The first-order valence-electron chi connectivity index (χ1n) is 4.79. The molecule has 1 N–H and O–H groups in total. The summed E-state index contributed by atoms with van der Waals surface area (Å²) in [6.07, 6.45) is -1.37. The van der Waals surface area contributed by atoms with E-state index in [0.29, 0.717) is 5.92 Å². The van der Waals surface area contributed by atoms with Gasteiger partial charge in [0.25, 0.3) is 0 Å². The third kappa shape index (κ3) is 1.68. The van der Waals surface area contributed by atoms with E-state index in [4.69, 9.17) is 0 Å². The fourth-order valence-electron chi connectivity index (χ4n) is 1.78. The number of hydrogen-bond donors (Lipinski definition) is 1. The van der Waals surface area contributed by atoms with E-state index >= 15 is 0 Å². The third-order valence-electron chi connectivity index (χ3n) is 3.13. The second-order valence-corrected chi connectivity index (χ2v) is 4.35. The molecular formula is C9H14F3N. The Morgan fingerprint density at radius 3 is 2.15 bits per heavy atom. The standard InChI is InChI=1S/C9H14F3N/c1-6(7-2-3-7)13-8(4-5-8)9(10,11)12/h6-7,13H,2-5H2,1H3. The zero-order valence-electron chi connectivity index (χ0n) is 7.62. The highest BCUT2D eigenvalue weighted by Gasteiger charge is 2.63. The topological polar surface area (TPSA) is 12.0 Å². The second-order valence-electron chi connectivity index (χ2n) is 4.35. The van der Waals surface area contributed by atoms with Gasteiger partial charge >= 0.3 is 6.18 Å². The molecule has 0 spiro atoms. The van der Waals surface area contributed by atoms with Crippen molar-refractivity contribution in [1.29, 1.82) is 0 Å². The zero-order valence-corrected chi connectivity index (χ0v) is 7.62. The van der Waals surface area contributed by atoms with Gasteiger partial charge in [-0.25, -0.2) is 0 Å². The average Bonchev–Trinajstić information content (AvgIpc) is 2.81. The Bertz CT molecular complexity index is 203. The van der Waals surface area contributed by atoms with Crippen LogP contribution in [0.4, 0.5) is 13.2 Å². The van der Waals surface area contributed by atoms with E-state index in [9.17, 15) is 13.2 Å². The maximum Gasteiger partial charge on any atom is 0.406 e. The van der Waals surface area contributed by atoms with E-state index in [1.807, 2.05) is 6.92 Å². The lowest BCUT2D eigenvalue weighted by molar-refractivity contribution is -0.168. The predicted octanol–water partition coefficient (Wildman–Crippen LogP) is 2.47. The van der Waals surface area contributed by atoms with Gasteiger partial charge in [0, 0.05) is 6.04 Å². The number of hydrogen-bond acceptors (Lipinski definition) is 1. The van der Waals surface area contributed by atoms with Gasteiger partial charge in [-0.05, 0) is 38.5 Å². The van der Waals surface area contributed by atoms with Crippen LogP contribution >= 0.6 is 0 Å². The first-order valence-corrected chi connectivity index (χ1v) is 4.79. The highest BCUT2D eigenvalue weighted by atomic mass is 19.4. The molecule has 0 aromatic rings. The van der Waals surface area contributed by atoms with Crippen LogP contribution in [0.15, 0.2) is 0 Å². The number of halogens is 3. The molecule has 0 aromatic heterocycles. The molecule has 2 aliphatic rings. The molecule has 2 rings (SSSR count). The summed E-state index contributed by atoms with van der Waals surface area (Å²) in [4.78, 5) is 0. The molecule has 0 radical (unpaired) electrons. The molecule has 1 nitrogen and oxygen atoms in total. The van der Waals surface area contributed by atoms with Gasteiger partial charge in [0.2, 0.25) is 0 Å². The van der Waals surface area contributed by atoms with Gasteiger partial charge in [0.1, 0.15) is 5.54 Å². The smallest absolute Gasteiger partial charge is 0.301 e. The molecule has 4 heteroatoms. The van der Waals surface area contributed by atoms with Gasteiger partial charge in [0.15, 0.2) is 0 Å². The van der Waals surface area contributed by atoms with Crippen LogP contribution in [-0.4, -0.2) is 17.8 Å². The molecule has 76 valence electrons. The van der Waals surface area contributed by atoms with Crippen molar-refractivity contribution in [3.8, 4) is 0 Å². The molecule has 0 bridgehead atoms. The largest absolute Gasteiger partial charge is 0.406 e. The summed E-state index contributed by atoms with van der Waals surface area (Å²) in [5.41, 5.74) is -1.52. The highest BCUT2D eigenvalue weighted by Crippen LogP contribution is 2.50. The molecule has 0 heterocycles. The minimum atomic E-state index is -4.06. The van der Waals surface area contributed by atoms with E-state index < -0.39 is 11.7 Å². The summed E-state index contributed by atoms with van der Waals surface area (Å²) in [5.74, 6) is 0.486. The van der Waals surface area contributed by atoms with E-state index in [1.165, 1.54) is 0 Å². The molecular weight excluding hydrogens is 179 g/mol. The summed E-state index contributed by atoms with van der Waals surface area (Å²) in [6, 6.07) is 0.0316. The van der Waals surface area contributed by atoms with Crippen LogP contribution in [-0.2, 0) is 0 Å². The zero-order chi connectivity index (χ0) is 9.69. The Morgan fingerprint density at radius 2 is 1.85 bits per heavy atom. The van der Waals surface area contributed by atoms with Gasteiger partial charge < -0.3 is 5.32 Å². The van der Waals surface area contributed by atoms with E-state index in [1.54, 1.807) is 0 Å². The molecule has 0 saturated heterocycles. The summed E-state index contributed by atoms with van der Waals surface area (Å²) in [7, 11) is 0. The normalized spacial score (nSPS) is 28.6. The van der Waals surface area contributed by atoms with Crippen LogP contribution in [0.3, 0.4) is 0 Å². The van der Waals surface area contributed by atoms with Crippen molar-refractivity contribution in [2.45, 2.75) is 50.4 Å². The van der Waals surface area contributed by atoms with Crippen molar-refractivity contribution >= 4 is 0 Å². The molecule has 2 fully saturated rings. The summed E-state index contributed by atoms with van der Waals surface area (Å²) in [6.45, 7) is 1.86. The van der Waals surface area contributed by atoms with Gasteiger partial charge in [0.05, 0.1) is 0 Å². The third-order valence-corrected chi connectivity index (χ3v) is 3.13. The Kier molecular flexibility index (Phi) is 1.88. The molecule has 0 aliphatic heterocycles. The van der Waals surface area contributed by atoms with Crippen molar-refractivity contribution in [3.63, 3.8) is 0 Å². The van der Waals surface area contributed by atoms with Crippen LogP contribution in [0.5, 0.6) is 0 Å². The molecule has 2 aliphatic carbocycles. The second kappa shape index (κ2) is 2.62. The van der Waals surface area contributed by atoms with Gasteiger partial charge in [-0.1, -0.05) is 0 Å². The maximum absolute atomic E-state index is 12.5. The van der Waals surface area contributed by atoms with Gasteiger partial charge in [-0.15, -0.1) is 0 Å². The van der Waals surface area contributed by atoms with Gasteiger partial charge in [-0.2, -0.15) is 13.2 Å². The van der Waals surface area contributed by atoms with E-state index in [2.05, 4.69) is 5.32 Å². The fourth-order valence-corrected chi connectivity index (χ4v) is 1.78. The number of rotatable bonds is 3. The Hall–Kier alpha value is -0.250. The van der Waals surface area contributed by atoms with Crippen LogP contribution in [0.2, 0.25) is 0 Å². The Labute approximate surface area is 75.7 Å². The minimum Gasteiger partial charge on any atom is -0.301 e. The van der Waals surface area contributed by atoms with E-state index in [0.717, 1.165) is 12.8 Å². The molecule has 1 unspecified atom stereocenters. The van der Waals surface area contributed by atoms with Crippen LogP contribution < -0.4 is 5.32 Å². The monoisotopic (exact) mass is 193 g/mol. The van der Waals surface area contributed by atoms with Crippen LogP contribution in [0.25, 0.3) is 0 Å². The van der Waals surface area contributed by atoms with Crippen molar-refractivity contribution in [1.82, 2.24) is 5.32 Å². The van der Waals surface area contributed by atoms with Crippen molar-refractivity contribution in [2.75, 3.05) is 0 Å². The molecule has 1 atom stereocenters. The van der Waals surface area contributed by atoms with Crippen molar-refractivity contribution < 1.29 is 13.2 Å².